The van der Waals surface area contributed by atoms with E-state index in [1.165, 1.54) is 5.56 Å². The standard InChI is InChI=1S/C18H27BrN2O2/c1-13(15-7-5-6-8-16(15)19)20-14-9-11-21(12-10-14)17(22)23-18(2,3)4/h5-8,13-14,20H,9-12H2,1-4H3/t13-/m0/s1. The summed E-state index contributed by atoms with van der Waals surface area (Å²) in [5.41, 5.74) is 0.836. The smallest absolute Gasteiger partial charge is 0.410 e. The van der Waals surface area contributed by atoms with E-state index in [1.807, 2.05) is 31.7 Å². The van der Waals surface area contributed by atoms with E-state index in [-0.39, 0.29) is 12.1 Å². The Labute approximate surface area is 147 Å². The predicted molar refractivity (Wildman–Crippen MR) is 96.5 cm³/mol. The molecule has 2 rings (SSSR count). The van der Waals surface area contributed by atoms with Crippen molar-refractivity contribution in [1.29, 1.82) is 0 Å². The van der Waals surface area contributed by atoms with E-state index >= 15 is 0 Å². The van der Waals surface area contributed by atoms with E-state index in [1.54, 1.807) is 0 Å². The molecule has 5 heteroatoms. The van der Waals surface area contributed by atoms with Crippen molar-refractivity contribution < 1.29 is 9.53 Å². The molecule has 0 aliphatic carbocycles. The number of ether oxygens (including phenoxy) is 1. The normalized spacial score (nSPS) is 17.9. The van der Waals surface area contributed by atoms with E-state index in [0.29, 0.717) is 6.04 Å². The van der Waals surface area contributed by atoms with Crippen molar-refractivity contribution >= 4 is 22.0 Å². The monoisotopic (exact) mass is 382 g/mol. The summed E-state index contributed by atoms with van der Waals surface area (Å²) in [6.45, 7) is 9.38. The number of benzene rings is 1. The quantitative estimate of drug-likeness (QED) is 0.836. The second kappa shape index (κ2) is 7.67. The van der Waals surface area contributed by atoms with Gasteiger partial charge in [0, 0.05) is 29.6 Å². The minimum Gasteiger partial charge on any atom is -0.444 e. The molecule has 128 valence electrons. The van der Waals surface area contributed by atoms with Crippen molar-refractivity contribution in [2.24, 2.45) is 0 Å². The maximum atomic E-state index is 12.1. The van der Waals surface area contributed by atoms with Crippen molar-refractivity contribution in [3.63, 3.8) is 0 Å². The van der Waals surface area contributed by atoms with Gasteiger partial charge in [0.05, 0.1) is 0 Å². The van der Waals surface area contributed by atoms with E-state index in [2.05, 4.69) is 46.4 Å². The second-order valence-corrected chi connectivity index (χ2v) is 8.01. The Morgan fingerprint density at radius 3 is 2.48 bits per heavy atom. The van der Waals surface area contributed by atoms with Crippen LogP contribution in [-0.4, -0.2) is 35.7 Å². The molecule has 1 aliphatic rings. The second-order valence-electron chi connectivity index (χ2n) is 7.15. The third kappa shape index (κ3) is 5.50. The molecule has 0 saturated carbocycles. The molecule has 1 aliphatic heterocycles. The summed E-state index contributed by atoms with van der Waals surface area (Å²) in [5.74, 6) is 0. The molecule has 0 aromatic heterocycles. The first kappa shape index (κ1) is 18.3. The van der Waals surface area contributed by atoms with Crippen LogP contribution in [0.4, 0.5) is 4.79 Å². The number of amides is 1. The van der Waals surface area contributed by atoms with Gasteiger partial charge in [-0.2, -0.15) is 0 Å². The third-order valence-electron chi connectivity index (χ3n) is 4.00. The number of carbonyl (C=O) groups is 1. The van der Waals surface area contributed by atoms with Gasteiger partial charge in [0.15, 0.2) is 0 Å². The third-order valence-corrected chi connectivity index (χ3v) is 4.73. The van der Waals surface area contributed by atoms with Gasteiger partial charge in [-0.05, 0) is 52.2 Å². The van der Waals surface area contributed by atoms with Crippen LogP contribution < -0.4 is 5.32 Å². The SMILES string of the molecule is C[C@H](NC1CCN(C(=O)OC(C)(C)C)CC1)c1ccccc1Br. The lowest BCUT2D eigenvalue weighted by Crippen LogP contribution is -2.47. The van der Waals surface area contributed by atoms with Crippen LogP contribution in [0.15, 0.2) is 28.7 Å². The Kier molecular flexibility index (Phi) is 6.09. The summed E-state index contributed by atoms with van der Waals surface area (Å²) < 4.78 is 6.57. The largest absolute Gasteiger partial charge is 0.444 e. The first-order valence-electron chi connectivity index (χ1n) is 8.24. The number of nitrogens with zero attached hydrogens (tertiary/aromatic N) is 1. The van der Waals surface area contributed by atoms with E-state index in [4.69, 9.17) is 4.74 Å². The Morgan fingerprint density at radius 1 is 1.30 bits per heavy atom. The molecule has 23 heavy (non-hydrogen) atoms. The Morgan fingerprint density at radius 2 is 1.91 bits per heavy atom. The topological polar surface area (TPSA) is 41.6 Å². The number of hydrogen-bond donors (Lipinski definition) is 1. The van der Waals surface area contributed by atoms with Gasteiger partial charge < -0.3 is 15.0 Å². The van der Waals surface area contributed by atoms with Crippen LogP contribution in [0, 0.1) is 0 Å². The minimum absolute atomic E-state index is 0.199. The van der Waals surface area contributed by atoms with Gasteiger partial charge in [-0.25, -0.2) is 4.79 Å². The van der Waals surface area contributed by atoms with Crippen molar-refractivity contribution in [1.82, 2.24) is 10.2 Å². The molecule has 0 spiro atoms. The molecule has 1 fully saturated rings. The van der Waals surface area contributed by atoms with Gasteiger partial charge in [0.25, 0.3) is 0 Å². The number of carbonyl (C=O) groups excluding carboxylic acids is 1. The zero-order valence-electron chi connectivity index (χ0n) is 14.4. The lowest BCUT2D eigenvalue weighted by Gasteiger charge is -2.35. The first-order chi connectivity index (χ1) is 10.8. The Balaban J connectivity index is 1.83. The minimum atomic E-state index is -0.430. The molecule has 1 amide bonds. The van der Waals surface area contributed by atoms with Crippen LogP contribution in [0.5, 0.6) is 0 Å². The molecule has 4 nitrogen and oxygen atoms in total. The average molecular weight is 383 g/mol. The van der Waals surface area contributed by atoms with Crippen molar-refractivity contribution in [3.8, 4) is 0 Å². The highest BCUT2D eigenvalue weighted by molar-refractivity contribution is 9.10. The summed E-state index contributed by atoms with van der Waals surface area (Å²) >= 11 is 3.61. The molecule has 0 radical (unpaired) electrons. The molecular formula is C18H27BrN2O2. The molecular weight excluding hydrogens is 356 g/mol. The fourth-order valence-corrected chi connectivity index (χ4v) is 3.45. The molecule has 1 aromatic carbocycles. The first-order valence-corrected chi connectivity index (χ1v) is 9.04. The highest BCUT2D eigenvalue weighted by atomic mass is 79.9. The van der Waals surface area contributed by atoms with Gasteiger partial charge in [-0.15, -0.1) is 0 Å². The van der Waals surface area contributed by atoms with Gasteiger partial charge in [0.2, 0.25) is 0 Å². The van der Waals surface area contributed by atoms with Crippen LogP contribution >= 0.6 is 15.9 Å². The van der Waals surface area contributed by atoms with Crippen molar-refractivity contribution in [2.45, 2.75) is 58.2 Å². The van der Waals surface area contributed by atoms with Gasteiger partial charge >= 0.3 is 6.09 Å². The van der Waals surface area contributed by atoms with Crippen LogP contribution in [0.25, 0.3) is 0 Å². The number of rotatable bonds is 3. The van der Waals surface area contributed by atoms with Crippen LogP contribution in [0.3, 0.4) is 0 Å². The summed E-state index contributed by atoms with van der Waals surface area (Å²) in [5, 5.41) is 3.67. The number of likely N-dealkylation sites (tertiary alicyclic amines) is 1. The van der Waals surface area contributed by atoms with Gasteiger partial charge in [-0.3, -0.25) is 0 Å². The fraction of sp³-hybridized carbons (Fsp3) is 0.611. The Bertz CT molecular complexity index is 534. The molecule has 0 bridgehead atoms. The lowest BCUT2D eigenvalue weighted by atomic mass is 10.0. The predicted octanol–water partition coefficient (Wildman–Crippen LogP) is 4.50. The molecule has 1 heterocycles. The summed E-state index contributed by atoms with van der Waals surface area (Å²) in [6.07, 6.45) is 1.71. The van der Waals surface area contributed by atoms with Gasteiger partial charge in [0.1, 0.15) is 5.60 Å². The fourth-order valence-electron chi connectivity index (χ4n) is 2.82. The van der Waals surface area contributed by atoms with E-state index < -0.39 is 5.60 Å². The van der Waals surface area contributed by atoms with Crippen LogP contribution in [0.1, 0.15) is 52.1 Å². The number of hydrogen-bond acceptors (Lipinski definition) is 3. The number of nitrogens with one attached hydrogen (secondary N) is 1. The summed E-state index contributed by atoms with van der Waals surface area (Å²) in [6, 6.07) is 9.00. The van der Waals surface area contributed by atoms with Crippen LogP contribution in [-0.2, 0) is 4.74 Å². The maximum absolute atomic E-state index is 12.1. The number of piperidine rings is 1. The van der Waals surface area contributed by atoms with Crippen molar-refractivity contribution in [2.75, 3.05) is 13.1 Å². The molecule has 1 saturated heterocycles. The molecule has 1 atom stereocenters. The highest BCUT2D eigenvalue weighted by Crippen LogP contribution is 2.24. The maximum Gasteiger partial charge on any atom is 0.410 e. The zero-order valence-corrected chi connectivity index (χ0v) is 16.0. The molecule has 0 unspecified atom stereocenters. The average Bonchev–Trinajstić information content (AvgIpc) is 2.46. The van der Waals surface area contributed by atoms with Crippen molar-refractivity contribution in [3.05, 3.63) is 34.3 Å². The lowest BCUT2D eigenvalue weighted by molar-refractivity contribution is 0.0196. The Hall–Kier alpha value is -1.07. The zero-order chi connectivity index (χ0) is 17.0. The molecule has 1 aromatic rings. The van der Waals surface area contributed by atoms with E-state index in [9.17, 15) is 4.79 Å². The summed E-state index contributed by atoms with van der Waals surface area (Å²) in [4.78, 5) is 13.9. The molecule has 1 N–H and O–H groups in total. The van der Waals surface area contributed by atoms with Gasteiger partial charge in [-0.1, -0.05) is 34.1 Å². The number of halogens is 1. The van der Waals surface area contributed by atoms with E-state index in [0.717, 1.165) is 30.4 Å². The summed E-state index contributed by atoms with van der Waals surface area (Å²) in [7, 11) is 0. The highest BCUT2D eigenvalue weighted by Gasteiger charge is 2.27. The van der Waals surface area contributed by atoms with Crippen LogP contribution in [0.2, 0.25) is 0 Å².